The number of carbonyl (C=O) groups is 1. The van der Waals surface area contributed by atoms with Crippen LogP contribution in [0.2, 0.25) is 0 Å². The molecule has 0 saturated heterocycles. The number of hydrogen-bond acceptors (Lipinski definition) is 2. The molecule has 1 aromatic carbocycles. The van der Waals surface area contributed by atoms with Gasteiger partial charge in [0, 0.05) is 26.1 Å². The highest BCUT2D eigenvalue weighted by Crippen LogP contribution is 2.38. The van der Waals surface area contributed by atoms with Crippen molar-refractivity contribution >= 4 is 5.91 Å². The fourth-order valence-electron chi connectivity index (χ4n) is 2.27. The molecule has 18 heavy (non-hydrogen) atoms. The minimum absolute atomic E-state index is 0.144. The van der Waals surface area contributed by atoms with Crippen molar-refractivity contribution in [2.75, 3.05) is 13.6 Å². The smallest absolute Gasteiger partial charge is 0.224 e. The monoisotopic (exact) mass is 246 g/mol. The number of hydrogen-bond donors (Lipinski definition) is 1. The molecular formula is C15H22N2O. The maximum atomic E-state index is 12.0. The van der Waals surface area contributed by atoms with Crippen LogP contribution in [-0.4, -0.2) is 24.4 Å². The van der Waals surface area contributed by atoms with Crippen LogP contribution in [0.4, 0.5) is 0 Å². The van der Waals surface area contributed by atoms with Gasteiger partial charge in [0.05, 0.1) is 0 Å². The summed E-state index contributed by atoms with van der Waals surface area (Å²) < 4.78 is 0. The van der Waals surface area contributed by atoms with E-state index in [9.17, 15) is 4.79 Å². The molecule has 1 aliphatic carbocycles. The number of carbonyl (C=O) groups excluding carboxylic acids is 1. The number of benzene rings is 1. The molecule has 0 spiro atoms. The highest BCUT2D eigenvalue weighted by Gasteiger charge is 2.34. The Morgan fingerprint density at radius 1 is 1.44 bits per heavy atom. The molecule has 1 saturated carbocycles. The summed E-state index contributed by atoms with van der Waals surface area (Å²) in [6.45, 7) is 3.11. The van der Waals surface area contributed by atoms with Crippen molar-refractivity contribution in [3.63, 3.8) is 0 Å². The number of amides is 1. The molecule has 0 heterocycles. The zero-order valence-corrected chi connectivity index (χ0v) is 11.2. The first kappa shape index (κ1) is 13.1. The first-order chi connectivity index (χ1) is 8.58. The van der Waals surface area contributed by atoms with Gasteiger partial charge in [0.15, 0.2) is 0 Å². The summed E-state index contributed by atoms with van der Waals surface area (Å²) in [4.78, 5) is 13.9. The van der Waals surface area contributed by atoms with E-state index in [0.717, 1.165) is 18.0 Å². The molecule has 3 atom stereocenters. The minimum atomic E-state index is -0.197. The molecule has 3 heteroatoms. The quantitative estimate of drug-likeness (QED) is 0.865. The van der Waals surface area contributed by atoms with Crippen LogP contribution >= 0.6 is 0 Å². The van der Waals surface area contributed by atoms with Crippen molar-refractivity contribution in [3.05, 3.63) is 35.9 Å². The summed E-state index contributed by atoms with van der Waals surface area (Å²) >= 11 is 0. The molecule has 2 rings (SSSR count). The molecule has 3 unspecified atom stereocenters. The largest absolute Gasteiger partial charge is 0.345 e. The molecule has 98 valence electrons. The molecule has 1 amide bonds. The van der Waals surface area contributed by atoms with Gasteiger partial charge in [-0.3, -0.25) is 4.79 Å². The van der Waals surface area contributed by atoms with Gasteiger partial charge in [0.25, 0.3) is 0 Å². The van der Waals surface area contributed by atoms with Crippen LogP contribution < -0.4 is 5.73 Å². The van der Waals surface area contributed by atoms with E-state index in [1.54, 1.807) is 0 Å². The average Bonchev–Trinajstić information content (AvgIpc) is 3.05. The summed E-state index contributed by atoms with van der Waals surface area (Å²) in [5.74, 6) is 1.63. The van der Waals surface area contributed by atoms with Crippen molar-refractivity contribution in [1.82, 2.24) is 4.90 Å². The lowest BCUT2D eigenvalue weighted by Gasteiger charge is -2.19. The maximum Gasteiger partial charge on any atom is 0.224 e. The fraction of sp³-hybridized carbons (Fsp3) is 0.533. The number of nitrogens with two attached hydrogens (primary N) is 1. The molecule has 0 aliphatic heterocycles. The molecule has 0 bridgehead atoms. The van der Waals surface area contributed by atoms with Gasteiger partial charge in [-0.15, -0.1) is 0 Å². The van der Waals surface area contributed by atoms with Crippen molar-refractivity contribution in [2.45, 2.75) is 25.8 Å². The van der Waals surface area contributed by atoms with E-state index in [0.29, 0.717) is 12.3 Å². The average molecular weight is 246 g/mol. The highest BCUT2D eigenvalue weighted by atomic mass is 16.2. The summed E-state index contributed by atoms with van der Waals surface area (Å²) in [7, 11) is 1.88. The van der Waals surface area contributed by atoms with Gasteiger partial charge >= 0.3 is 0 Å². The number of rotatable bonds is 5. The van der Waals surface area contributed by atoms with Gasteiger partial charge in [-0.1, -0.05) is 37.3 Å². The predicted octanol–water partition coefficient (Wildman–Crippen LogP) is 2.19. The Balaban J connectivity index is 1.83. The van der Waals surface area contributed by atoms with E-state index in [2.05, 4.69) is 6.92 Å². The summed E-state index contributed by atoms with van der Waals surface area (Å²) in [5.41, 5.74) is 7.09. The third-order valence-corrected chi connectivity index (χ3v) is 3.83. The van der Waals surface area contributed by atoms with Crippen LogP contribution in [-0.2, 0) is 4.79 Å². The van der Waals surface area contributed by atoms with Crippen LogP contribution in [0.25, 0.3) is 0 Å². The van der Waals surface area contributed by atoms with E-state index < -0.39 is 0 Å². The van der Waals surface area contributed by atoms with Gasteiger partial charge in [-0.05, 0) is 23.8 Å². The minimum Gasteiger partial charge on any atom is -0.345 e. The van der Waals surface area contributed by atoms with E-state index in [-0.39, 0.29) is 11.9 Å². The Kier molecular flexibility index (Phi) is 4.02. The second-order valence-electron chi connectivity index (χ2n) is 5.47. The zero-order valence-electron chi connectivity index (χ0n) is 11.2. The van der Waals surface area contributed by atoms with Crippen LogP contribution in [0.15, 0.2) is 30.3 Å². The molecule has 1 aromatic rings. The van der Waals surface area contributed by atoms with Gasteiger partial charge < -0.3 is 10.6 Å². The van der Waals surface area contributed by atoms with Gasteiger partial charge in [0.1, 0.15) is 0 Å². The summed E-state index contributed by atoms with van der Waals surface area (Å²) in [6.07, 6.45) is 1.64. The van der Waals surface area contributed by atoms with Crippen molar-refractivity contribution in [3.8, 4) is 0 Å². The van der Waals surface area contributed by atoms with E-state index in [1.807, 2.05) is 42.3 Å². The van der Waals surface area contributed by atoms with E-state index in [4.69, 9.17) is 5.73 Å². The second kappa shape index (κ2) is 5.53. The van der Waals surface area contributed by atoms with Gasteiger partial charge in [0.2, 0.25) is 5.91 Å². The van der Waals surface area contributed by atoms with Crippen LogP contribution in [0.3, 0.4) is 0 Å². The van der Waals surface area contributed by atoms with Gasteiger partial charge in [-0.2, -0.15) is 0 Å². The standard InChI is InChI=1S/C15H22N2O/c1-11-8-13(11)10-17(2)15(18)9-14(16)12-6-4-3-5-7-12/h3-7,11,13-14H,8-10,16H2,1-2H3. The Labute approximate surface area is 109 Å². The third kappa shape index (κ3) is 3.33. The number of nitrogens with zero attached hydrogens (tertiary/aromatic N) is 1. The Morgan fingerprint density at radius 3 is 2.61 bits per heavy atom. The van der Waals surface area contributed by atoms with Gasteiger partial charge in [-0.25, -0.2) is 0 Å². The lowest BCUT2D eigenvalue weighted by Crippen LogP contribution is -2.31. The Bertz CT molecular complexity index is 404. The Morgan fingerprint density at radius 2 is 2.06 bits per heavy atom. The van der Waals surface area contributed by atoms with E-state index >= 15 is 0 Å². The predicted molar refractivity (Wildman–Crippen MR) is 72.9 cm³/mol. The lowest BCUT2D eigenvalue weighted by atomic mass is 10.0. The Hall–Kier alpha value is -1.35. The van der Waals surface area contributed by atoms with Crippen molar-refractivity contribution < 1.29 is 4.79 Å². The molecule has 0 aromatic heterocycles. The first-order valence-corrected chi connectivity index (χ1v) is 6.62. The summed E-state index contributed by atoms with van der Waals surface area (Å²) in [5, 5.41) is 0. The lowest BCUT2D eigenvalue weighted by molar-refractivity contribution is -0.130. The topological polar surface area (TPSA) is 46.3 Å². The first-order valence-electron chi connectivity index (χ1n) is 6.62. The molecule has 2 N–H and O–H groups in total. The zero-order chi connectivity index (χ0) is 13.1. The SMILES string of the molecule is CC1CC1CN(C)C(=O)CC(N)c1ccccc1. The highest BCUT2D eigenvalue weighted by molar-refractivity contribution is 5.76. The third-order valence-electron chi connectivity index (χ3n) is 3.83. The van der Waals surface area contributed by atoms with Crippen molar-refractivity contribution in [2.24, 2.45) is 17.6 Å². The van der Waals surface area contributed by atoms with E-state index in [1.165, 1.54) is 6.42 Å². The van der Waals surface area contributed by atoms with Crippen molar-refractivity contribution in [1.29, 1.82) is 0 Å². The second-order valence-corrected chi connectivity index (χ2v) is 5.47. The normalized spacial score (nSPS) is 23.5. The van der Waals surface area contributed by atoms with Crippen LogP contribution in [0, 0.1) is 11.8 Å². The maximum absolute atomic E-state index is 12.0. The molecular weight excluding hydrogens is 224 g/mol. The summed E-state index contributed by atoms with van der Waals surface area (Å²) in [6, 6.07) is 9.61. The fourth-order valence-corrected chi connectivity index (χ4v) is 2.27. The molecule has 0 radical (unpaired) electrons. The van der Waals surface area contributed by atoms with Crippen LogP contribution in [0.5, 0.6) is 0 Å². The molecule has 1 fully saturated rings. The molecule has 1 aliphatic rings. The van der Waals surface area contributed by atoms with Crippen LogP contribution in [0.1, 0.15) is 31.4 Å². The molecule has 3 nitrogen and oxygen atoms in total.